The number of ether oxygens (including phenoxy) is 1. The van der Waals surface area contributed by atoms with Crippen LogP contribution in [0.1, 0.15) is 53.4 Å². The second-order valence-electron chi connectivity index (χ2n) is 6.88. The summed E-state index contributed by atoms with van der Waals surface area (Å²) in [7, 11) is 0. The largest absolute Gasteiger partial charge is 0.444 e. The fourth-order valence-corrected chi connectivity index (χ4v) is 2.85. The second kappa shape index (κ2) is 6.79. The third-order valence-electron chi connectivity index (χ3n) is 3.91. The zero-order valence-electron chi connectivity index (χ0n) is 12.9. The minimum atomic E-state index is -0.533. The number of alkyl carbamates (subject to hydrolysis) is 1. The van der Waals surface area contributed by atoms with Crippen molar-refractivity contribution >= 4 is 23.5 Å². The van der Waals surface area contributed by atoms with E-state index >= 15 is 0 Å². The molecule has 116 valence electrons. The van der Waals surface area contributed by atoms with E-state index in [1.165, 1.54) is 0 Å². The van der Waals surface area contributed by atoms with E-state index in [4.69, 9.17) is 16.3 Å². The van der Waals surface area contributed by atoms with E-state index in [-0.39, 0.29) is 11.7 Å². The van der Waals surface area contributed by atoms with Crippen LogP contribution in [0.15, 0.2) is 0 Å². The Kier molecular flexibility index (Phi) is 5.87. The van der Waals surface area contributed by atoms with Crippen molar-refractivity contribution in [2.24, 2.45) is 11.3 Å². The van der Waals surface area contributed by atoms with Gasteiger partial charge in [0.2, 0.25) is 0 Å². The fourth-order valence-electron chi connectivity index (χ4n) is 2.57. The zero-order valence-corrected chi connectivity index (χ0v) is 13.7. The lowest BCUT2D eigenvalue weighted by Gasteiger charge is -2.38. The van der Waals surface area contributed by atoms with Crippen LogP contribution in [0, 0.1) is 11.3 Å². The van der Waals surface area contributed by atoms with Crippen LogP contribution in [-0.2, 0) is 9.53 Å². The quantitative estimate of drug-likeness (QED) is 0.809. The Hall–Kier alpha value is -0.770. The number of nitrogens with one attached hydrogen (secondary N) is 1. The van der Waals surface area contributed by atoms with Crippen molar-refractivity contribution in [1.82, 2.24) is 5.32 Å². The van der Waals surface area contributed by atoms with E-state index in [0.29, 0.717) is 12.5 Å². The van der Waals surface area contributed by atoms with Crippen molar-refractivity contribution in [3.05, 3.63) is 0 Å². The first-order valence-corrected chi connectivity index (χ1v) is 7.78. The molecule has 0 aromatic rings. The summed E-state index contributed by atoms with van der Waals surface area (Å²) >= 11 is 5.74. The van der Waals surface area contributed by atoms with Crippen LogP contribution in [0.4, 0.5) is 4.79 Å². The van der Waals surface area contributed by atoms with Gasteiger partial charge in [-0.1, -0.05) is 6.92 Å². The van der Waals surface area contributed by atoms with Crippen LogP contribution in [0.2, 0.25) is 0 Å². The topological polar surface area (TPSA) is 55.4 Å². The highest BCUT2D eigenvalue weighted by atomic mass is 35.5. The predicted molar refractivity (Wildman–Crippen MR) is 80.0 cm³/mol. The molecule has 0 heterocycles. The van der Waals surface area contributed by atoms with Crippen LogP contribution in [0.5, 0.6) is 0 Å². The molecular formula is C15H26ClNO3. The number of carbonyl (C=O) groups is 2. The number of rotatable bonds is 4. The molecule has 1 aliphatic carbocycles. The van der Waals surface area contributed by atoms with Crippen molar-refractivity contribution in [2.75, 3.05) is 12.4 Å². The molecule has 20 heavy (non-hydrogen) atoms. The monoisotopic (exact) mass is 303 g/mol. The molecule has 0 radical (unpaired) electrons. The number of Topliss-reactive ketones (excluding diaryl/α,β-unsaturated/α-hetero) is 1. The number of carbonyl (C=O) groups excluding carboxylic acids is 2. The minimum absolute atomic E-state index is 0.00434. The normalized spacial score (nSPS) is 26.9. The molecule has 0 unspecified atom stereocenters. The summed E-state index contributed by atoms with van der Waals surface area (Å²) in [4.78, 5) is 23.9. The summed E-state index contributed by atoms with van der Waals surface area (Å²) in [6, 6.07) is 0. The van der Waals surface area contributed by atoms with Gasteiger partial charge in [-0.25, -0.2) is 4.79 Å². The maximum atomic E-state index is 12.2. The number of ketones is 1. The van der Waals surface area contributed by atoms with E-state index in [1.807, 2.05) is 20.8 Å². The first-order chi connectivity index (χ1) is 9.18. The maximum absolute atomic E-state index is 12.2. The summed E-state index contributed by atoms with van der Waals surface area (Å²) < 4.78 is 5.21. The van der Waals surface area contributed by atoms with Gasteiger partial charge in [0, 0.05) is 12.0 Å². The molecular weight excluding hydrogens is 278 g/mol. The fraction of sp³-hybridized carbons (Fsp3) is 0.867. The van der Waals surface area contributed by atoms with Gasteiger partial charge in [-0.05, 0) is 52.4 Å². The molecule has 1 aliphatic rings. The Labute approximate surface area is 126 Å². The molecule has 1 fully saturated rings. The zero-order chi connectivity index (χ0) is 15.4. The summed E-state index contributed by atoms with van der Waals surface area (Å²) in [5.74, 6) is 0.666. The molecule has 0 aromatic carbocycles. The van der Waals surface area contributed by atoms with Crippen LogP contribution < -0.4 is 5.32 Å². The highest BCUT2D eigenvalue weighted by Gasteiger charge is 2.40. The standard InChI is InChI=1S/C15H26ClNO3/c1-11-5-7-15(8-6-11,12(18)9-16)10-17-13(19)20-14(2,3)4/h11H,5-10H2,1-4H3,(H,17,19). The summed E-state index contributed by atoms with van der Waals surface area (Å²) in [5.41, 5.74) is -1.04. The Balaban J connectivity index is 2.63. The van der Waals surface area contributed by atoms with Gasteiger partial charge in [-0.2, -0.15) is 0 Å². The molecule has 5 heteroatoms. The van der Waals surface area contributed by atoms with Crippen molar-refractivity contribution in [3.63, 3.8) is 0 Å². The van der Waals surface area contributed by atoms with Gasteiger partial charge in [0.1, 0.15) is 5.60 Å². The molecule has 1 rings (SSSR count). The predicted octanol–water partition coefficient (Wildman–Crippen LogP) is 3.52. The van der Waals surface area contributed by atoms with Gasteiger partial charge < -0.3 is 10.1 Å². The molecule has 0 aromatic heterocycles. The van der Waals surface area contributed by atoms with E-state index in [2.05, 4.69) is 12.2 Å². The van der Waals surface area contributed by atoms with Gasteiger partial charge in [-0.3, -0.25) is 4.79 Å². The van der Waals surface area contributed by atoms with E-state index < -0.39 is 17.1 Å². The van der Waals surface area contributed by atoms with Gasteiger partial charge in [0.05, 0.1) is 5.88 Å². The first kappa shape index (κ1) is 17.3. The molecule has 1 N–H and O–H groups in total. The van der Waals surface area contributed by atoms with Crippen molar-refractivity contribution in [3.8, 4) is 0 Å². The lowest BCUT2D eigenvalue weighted by atomic mass is 9.68. The Morgan fingerprint density at radius 2 is 1.85 bits per heavy atom. The number of amides is 1. The number of halogens is 1. The molecule has 0 bridgehead atoms. The molecule has 0 saturated heterocycles. The van der Waals surface area contributed by atoms with E-state index in [9.17, 15) is 9.59 Å². The van der Waals surface area contributed by atoms with E-state index in [1.54, 1.807) is 0 Å². The number of hydrogen-bond donors (Lipinski definition) is 1. The molecule has 4 nitrogen and oxygen atoms in total. The molecule has 0 atom stereocenters. The van der Waals surface area contributed by atoms with Gasteiger partial charge in [-0.15, -0.1) is 11.6 Å². The second-order valence-corrected chi connectivity index (χ2v) is 7.14. The average molecular weight is 304 g/mol. The van der Waals surface area contributed by atoms with E-state index in [0.717, 1.165) is 25.7 Å². The van der Waals surface area contributed by atoms with Gasteiger partial charge >= 0.3 is 6.09 Å². The SMILES string of the molecule is CC1CCC(CNC(=O)OC(C)(C)C)(C(=O)CCl)CC1. The Bertz CT molecular complexity index is 355. The minimum Gasteiger partial charge on any atom is -0.444 e. The molecule has 1 amide bonds. The average Bonchev–Trinajstić information content (AvgIpc) is 2.35. The highest BCUT2D eigenvalue weighted by Crippen LogP contribution is 2.39. The maximum Gasteiger partial charge on any atom is 0.407 e. The summed E-state index contributed by atoms with van der Waals surface area (Å²) in [5, 5.41) is 2.74. The van der Waals surface area contributed by atoms with Crippen LogP contribution >= 0.6 is 11.6 Å². The van der Waals surface area contributed by atoms with Crippen LogP contribution in [0.25, 0.3) is 0 Å². The first-order valence-electron chi connectivity index (χ1n) is 7.25. The third-order valence-corrected chi connectivity index (χ3v) is 4.16. The molecule has 0 aliphatic heterocycles. The van der Waals surface area contributed by atoms with Crippen molar-refractivity contribution < 1.29 is 14.3 Å². The smallest absolute Gasteiger partial charge is 0.407 e. The van der Waals surface area contributed by atoms with Crippen molar-refractivity contribution in [1.29, 1.82) is 0 Å². The van der Waals surface area contributed by atoms with Crippen LogP contribution in [-0.4, -0.2) is 29.9 Å². The lowest BCUT2D eigenvalue weighted by Crippen LogP contribution is -2.46. The number of hydrogen-bond acceptors (Lipinski definition) is 3. The highest BCUT2D eigenvalue weighted by molar-refractivity contribution is 6.28. The van der Waals surface area contributed by atoms with Crippen LogP contribution in [0.3, 0.4) is 0 Å². The summed E-state index contributed by atoms with van der Waals surface area (Å²) in [6.45, 7) is 7.95. The number of alkyl halides is 1. The lowest BCUT2D eigenvalue weighted by molar-refractivity contribution is -0.128. The molecule has 1 saturated carbocycles. The molecule has 0 spiro atoms. The third kappa shape index (κ3) is 4.97. The van der Waals surface area contributed by atoms with Crippen molar-refractivity contribution in [2.45, 2.75) is 59.0 Å². The Morgan fingerprint density at radius 3 is 2.30 bits per heavy atom. The summed E-state index contributed by atoms with van der Waals surface area (Å²) in [6.07, 6.45) is 3.10. The van der Waals surface area contributed by atoms with Gasteiger partial charge in [0.15, 0.2) is 5.78 Å². The Morgan fingerprint density at radius 1 is 1.30 bits per heavy atom. The van der Waals surface area contributed by atoms with Gasteiger partial charge in [0.25, 0.3) is 0 Å².